The molecule has 4 aromatic rings. The molecule has 2 aromatic carbocycles. The molecule has 4 heterocycles. The van der Waals surface area contributed by atoms with E-state index in [0.717, 1.165) is 16.7 Å². The number of benzene rings is 2. The van der Waals surface area contributed by atoms with Gasteiger partial charge in [-0.3, -0.25) is 9.59 Å². The van der Waals surface area contributed by atoms with Gasteiger partial charge in [0, 0.05) is 35.9 Å². The second-order valence-corrected chi connectivity index (χ2v) is 9.55. The van der Waals surface area contributed by atoms with E-state index in [2.05, 4.69) is 31.3 Å². The van der Waals surface area contributed by atoms with Crippen LogP contribution >= 0.6 is 0 Å². The number of nitrogens with one attached hydrogen (secondary N) is 3. The van der Waals surface area contributed by atoms with E-state index in [-0.39, 0.29) is 36.9 Å². The molecule has 13 nitrogen and oxygen atoms in total. The second-order valence-electron chi connectivity index (χ2n) is 9.55. The van der Waals surface area contributed by atoms with Crippen molar-refractivity contribution >= 4 is 17.9 Å². The first kappa shape index (κ1) is 26.7. The number of carbonyl (C=O) groups excluding carboxylic acids is 2. The number of rotatable bonds is 9. The van der Waals surface area contributed by atoms with Gasteiger partial charge in [0.05, 0.1) is 12.7 Å². The zero-order chi connectivity index (χ0) is 29.1. The molecule has 0 saturated carbocycles. The van der Waals surface area contributed by atoms with Crippen LogP contribution in [0.2, 0.25) is 0 Å². The van der Waals surface area contributed by atoms with Crippen LogP contribution in [-0.4, -0.2) is 63.9 Å². The predicted molar refractivity (Wildman–Crippen MR) is 150 cm³/mol. The van der Waals surface area contributed by atoms with Gasteiger partial charge in [-0.25, -0.2) is 4.98 Å². The summed E-state index contributed by atoms with van der Waals surface area (Å²) >= 11 is 0. The lowest BCUT2D eigenvalue weighted by Gasteiger charge is -2.18. The highest BCUT2D eigenvalue weighted by atomic mass is 16.7. The normalized spacial score (nSPS) is 15.6. The molecule has 214 valence electrons. The van der Waals surface area contributed by atoms with Crippen LogP contribution in [0.4, 0.5) is 0 Å². The number of aromatic nitrogens is 5. The zero-order valence-corrected chi connectivity index (χ0v) is 22.8. The molecule has 1 saturated heterocycles. The molecule has 3 N–H and O–H groups in total. The molecule has 0 spiro atoms. The second kappa shape index (κ2) is 11.6. The Morgan fingerprint density at radius 3 is 2.67 bits per heavy atom. The number of carbonyl (C=O) groups is 2. The number of pyridine rings is 1. The number of H-pyrrole nitrogens is 1. The summed E-state index contributed by atoms with van der Waals surface area (Å²) < 4.78 is 22.6. The molecule has 2 amide bonds. The number of ether oxygens (including phenoxy) is 4. The summed E-state index contributed by atoms with van der Waals surface area (Å²) in [5, 5.41) is 20.3. The Labute approximate surface area is 240 Å². The van der Waals surface area contributed by atoms with Gasteiger partial charge in [0.2, 0.25) is 30.3 Å². The first-order valence-corrected chi connectivity index (χ1v) is 13.2. The molecule has 42 heavy (non-hydrogen) atoms. The fourth-order valence-corrected chi connectivity index (χ4v) is 4.82. The van der Waals surface area contributed by atoms with Crippen LogP contribution in [0.3, 0.4) is 0 Å². The molecule has 0 bridgehead atoms. The lowest BCUT2D eigenvalue weighted by molar-refractivity contribution is -0.125. The van der Waals surface area contributed by atoms with E-state index in [1.54, 1.807) is 25.3 Å². The minimum atomic E-state index is -0.512. The van der Waals surface area contributed by atoms with Crippen LogP contribution < -0.4 is 29.6 Å². The Balaban J connectivity index is 1.40. The number of aryl methyl sites for hydroxylation is 1. The Kier molecular flexibility index (Phi) is 7.37. The van der Waals surface area contributed by atoms with Gasteiger partial charge in [-0.2, -0.15) is 5.21 Å². The molecular weight excluding hydrogens is 542 g/mol. The first-order chi connectivity index (χ1) is 20.5. The summed E-state index contributed by atoms with van der Waals surface area (Å²) in [6.07, 6.45) is 4.54. The van der Waals surface area contributed by atoms with E-state index < -0.39 is 6.04 Å². The fraction of sp³-hybridized carbons (Fsp3) is 0.241. The largest absolute Gasteiger partial charge is 0.497 e. The van der Waals surface area contributed by atoms with E-state index in [1.807, 2.05) is 43.3 Å². The Hall–Kier alpha value is -5.46. The molecule has 2 aliphatic rings. The minimum absolute atomic E-state index is 0.117. The number of tetrazole rings is 1. The lowest BCUT2D eigenvalue weighted by atomic mass is 9.93. The van der Waals surface area contributed by atoms with Gasteiger partial charge < -0.3 is 29.6 Å². The van der Waals surface area contributed by atoms with E-state index >= 15 is 0 Å². The Bertz CT molecular complexity index is 1650. The number of aromatic amines is 1. The van der Waals surface area contributed by atoms with Crippen molar-refractivity contribution in [2.45, 2.75) is 25.8 Å². The van der Waals surface area contributed by atoms with E-state index in [9.17, 15) is 9.59 Å². The average Bonchev–Trinajstić information content (AvgIpc) is 3.78. The summed E-state index contributed by atoms with van der Waals surface area (Å²) in [5.41, 5.74) is 3.51. The molecule has 13 heteroatoms. The SMILES string of the molecule is COc1ccc(-c2c(C=CCNC(=O)C3CCC(=O)N3)c(C)nc(Oc3ccc4c(c3)OCO4)c2-c2nn[nH]n2)cc1. The molecule has 1 unspecified atom stereocenters. The van der Waals surface area contributed by atoms with Gasteiger partial charge in [0.1, 0.15) is 17.5 Å². The summed E-state index contributed by atoms with van der Waals surface area (Å²) in [6.45, 7) is 2.26. The summed E-state index contributed by atoms with van der Waals surface area (Å²) in [4.78, 5) is 28.8. The molecule has 1 fully saturated rings. The van der Waals surface area contributed by atoms with Crippen molar-refractivity contribution in [3.63, 3.8) is 0 Å². The topological polar surface area (TPSA) is 162 Å². The standard InChI is InChI=1S/C29H27N7O6/c1-16-20(4-3-13-30-28(38)21-10-12-24(37)32-21)25(17-5-7-18(39-2)8-6-17)26(27-33-35-36-34-27)29(31-16)42-19-9-11-22-23(14-19)41-15-40-22/h3-9,11,14,21H,10,12-13,15H2,1-2H3,(H,30,38)(H,32,37)(H,33,34,35,36). The van der Waals surface area contributed by atoms with Crippen molar-refractivity contribution in [1.29, 1.82) is 0 Å². The highest BCUT2D eigenvalue weighted by Gasteiger charge is 2.27. The van der Waals surface area contributed by atoms with Crippen LogP contribution in [0, 0.1) is 6.92 Å². The van der Waals surface area contributed by atoms with E-state index in [1.165, 1.54) is 0 Å². The van der Waals surface area contributed by atoms with Gasteiger partial charge >= 0.3 is 0 Å². The van der Waals surface area contributed by atoms with Crippen LogP contribution in [-0.2, 0) is 9.59 Å². The Morgan fingerprint density at radius 1 is 1.12 bits per heavy atom. The monoisotopic (exact) mass is 569 g/mol. The Morgan fingerprint density at radius 2 is 1.93 bits per heavy atom. The number of fused-ring (bicyclic) bond motifs is 1. The molecule has 2 aromatic heterocycles. The third kappa shape index (κ3) is 5.44. The van der Waals surface area contributed by atoms with Crippen LogP contribution in [0.25, 0.3) is 28.6 Å². The molecule has 6 rings (SSSR count). The third-order valence-corrected chi connectivity index (χ3v) is 6.89. The highest BCUT2D eigenvalue weighted by molar-refractivity contribution is 5.92. The lowest BCUT2D eigenvalue weighted by Crippen LogP contribution is -2.41. The molecule has 2 aliphatic heterocycles. The maximum Gasteiger partial charge on any atom is 0.242 e. The number of methoxy groups -OCH3 is 1. The molecule has 1 atom stereocenters. The third-order valence-electron chi connectivity index (χ3n) is 6.89. The predicted octanol–water partition coefficient (Wildman–Crippen LogP) is 3.17. The van der Waals surface area contributed by atoms with Gasteiger partial charge in [-0.05, 0) is 48.4 Å². The first-order valence-electron chi connectivity index (χ1n) is 13.2. The summed E-state index contributed by atoms with van der Waals surface area (Å²) in [5.74, 6) is 2.59. The van der Waals surface area contributed by atoms with Gasteiger partial charge in [0.15, 0.2) is 11.5 Å². The van der Waals surface area contributed by atoms with Crippen molar-refractivity contribution < 1.29 is 28.5 Å². The maximum absolute atomic E-state index is 12.5. The van der Waals surface area contributed by atoms with Crippen LogP contribution in [0.15, 0.2) is 48.5 Å². The van der Waals surface area contributed by atoms with Crippen molar-refractivity contribution in [1.82, 2.24) is 36.2 Å². The van der Waals surface area contributed by atoms with Crippen molar-refractivity contribution in [3.8, 4) is 51.4 Å². The smallest absolute Gasteiger partial charge is 0.242 e. The van der Waals surface area contributed by atoms with Gasteiger partial charge in [-0.15, -0.1) is 10.2 Å². The fourth-order valence-electron chi connectivity index (χ4n) is 4.82. The van der Waals surface area contributed by atoms with Gasteiger partial charge in [0.25, 0.3) is 0 Å². The zero-order valence-electron chi connectivity index (χ0n) is 22.8. The van der Waals surface area contributed by atoms with Crippen molar-refractivity contribution in [3.05, 3.63) is 59.8 Å². The number of amides is 2. The quantitative estimate of drug-likeness (QED) is 0.273. The van der Waals surface area contributed by atoms with Crippen molar-refractivity contribution in [2.24, 2.45) is 0 Å². The highest BCUT2D eigenvalue weighted by Crippen LogP contribution is 2.44. The number of hydrogen-bond donors (Lipinski definition) is 3. The maximum atomic E-state index is 12.5. The molecule has 0 aliphatic carbocycles. The summed E-state index contributed by atoms with van der Waals surface area (Å²) in [7, 11) is 1.60. The number of hydrogen-bond acceptors (Lipinski definition) is 10. The van der Waals surface area contributed by atoms with Gasteiger partial charge in [-0.1, -0.05) is 24.3 Å². The van der Waals surface area contributed by atoms with E-state index in [4.69, 9.17) is 23.9 Å². The van der Waals surface area contributed by atoms with Crippen LogP contribution in [0.1, 0.15) is 24.1 Å². The summed E-state index contributed by atoms with van der Waals surface area (Å²) in [6, 6.07) is 12.3. The van der Waals surface area contributed by atoms with Crippen molar-refractivity contribution in [2.75, 3.05) is 20.4 Å². The number of nitrogens with zero attached hydrogens (tertiary/aromatic N) is 4. The van der Waals surface area contributed by atoms with E-state index in [0.29, 0.717) is 47.1 Å². The minimum Gasteiger partial charge on any atom is -0.497 e. The van der Waals surface area contributed by atoms with Crippen LogP contribution in [0.5, 0.6) is 28.9 Å². The molecular formula is C29H27N7O6. The molecule has 0 radical (unpaired) electrons. The average molecular weight is 570 g/mol.